The second-order valence-electron chi connectivity index (χ2n) is 10.1. The lowest BCUT2D eigenvalue weighted by molar-refractivity contribution is 0.0728. The number of piperidine rings is 1. The quantitative estimate of drug-likeness (QED) is 0.439. The van der Waals surface area contributed by atoms with Crippen molar-refractivity contribution in [3.05, 3.63) is 86.9 Å². The first-order chi connectivity index (χ1) is 19.3. The highest BCUT2D eigenvalue weighted by atomic mass is 32.1. The van der Waals surface area contributed by atoms with E-state index in [1.807, 2.05) is 30.3 Å². The fourth-order valence-corrected chi connectivity index (χ4v) is 6.05. The minimum Gasteiger partial charge on any atom is -0.445 e. The maximum Gasteiger partial charge on any atom is 0.410 e. The van der Waals surface area contributed by atoms with Crippen LogP contribution in [0.2, 0.25) is 0 Å². The Bertz CT molecular complexity index is 1400. The van der Waals surface area contributed by atoms with Gasteiger partial charge in [0.1, 0.15) is 17.3 Å². The SMILES string of the molecule is Cc1ccc(C(=O)N2CCCC2c2nc(C(=O)NC3CCCN(C(=O)OCc4ccccc4)C3)cs2)c(F)c1F. The number of benzene rings is 2. The Morgan fingerprint density at radius 2 is 1.82 bits per heavy atom. The van der Waals surface area contributed by atoms with Crippen LogP contribution >= 0.6 is 11.3 Å². The van der Waals surface area contributed by atoms with E-state index in [4.69, 9.17) is 4.74 Å². The van der Waals surface area contributed by atoms with Crippen LogP contribution in [0, 0.1) is 18.6 Å². The summed E-state index contributed by atoms with van der Waals surface area (Å²) in [6, 6.07) is 11.4. The van der Waals surface area contributed by atoms with Crippen molar-refractivity contribution in [3.63, 3.8) is 0 Å². The van der Waals surface area contributed by atoms with Gasteiger partial charge in [0.05, 0.1) is 11.6 Å². The average molecular weight is 569 g/mol. The zero-order valence-corrected chi connectivity index (χ0v) is 22.9. The smallest absolute Gasteiger partial charge is 0.410 e. The first-order valence-corrected chi connectivity index (χ1v) is 14.2. The lowest BCUT2D eigenvalue weighted by Gasteiger charge is -2.32. The molecule has 2 aromatic carbocycles. The van der Waals surface area contributed by atoms with Gasteiger partial charge in [0.2, 0.25) is 0 Å². The zero-order valence-electron chi connectivity index (χ0n) is 22.1. The third-order valence-corrected chi connectivity index (χ3v) is 8.23. The van der Waals surface area contributed by atoms with E-state index in [0.29, 0.717) is 37.5 Å². The van der Waals surface area contributed by atoms with Crippen molar-refractivity contribution in [2.45, 2.75) is 51.3 Å². The molecular formula is C29H30F2N4O4S. The zero-order chi connectivity index (χ0) is 28.2. The van der Waals surface area contributed by atoms with Gasteiger partial charge in [-0.2, -0.15) is 0 Å². The van der Waals surface area contributed by atoms with Crippen LogP contribution in [0.25, 0.3) is 0 Å². The van der Waals surface area contributed by atoms with Crippen LogP contribution in [0.4, 0.5) is 13.6 Å². The van der Waals surface area contributed by atoms with Gasteiger partial charge in [-0.25, -0.2) is 18.6 Å². The van der Waals surface area contributed by atoms with Gasteiger partial charge in [-0.3, -0.25) is 9.59 Å². The van der Waals surface area contributed by atoms with Gasteiger partial charge in [0, 0.05) is 31.1 Å². The highest BCUT2D eigenvalue weighted by Gasteiger charge is 2.35. The number of aryl methyl sites for hydroxylation is 1. The van der Waals surface area contributed by atoms with E-state index < -0.39 is 29.7 Å². The second kappa shape index (κ2) is 12.1. The lowest BCUT2D eigenvalue weighted by atomic mass is 10.1. The van der Waals surface area contributed by atoms with E-state index in [0.717, 1.165) is 18.4 Å². The summed E-state index contributed by atoms with van der Waals surface area (Å²) in [6.45, 7) is 2.90. The van der Waals surface area contributed by atoms with Crippen molar-refractivity contribution >= 4 is 29.2 Å². The number of amides is 3. The molecule has 2 unspecified atom stereocenters. The average Bonchev–Trinajstić information content (AvgIpc) is 3.65. The molecular weight excluding hydrogens is 538 g/mol. The fraction of sp³-hybridized carbons (Fsp3) is 0.379. The molecule has 0 aliphatic carbocycles. The van der Waals surface area contributed by atoms with Crippen LogP contribution < -0.4 is 5.32 Å². The molecule has 0 saturated carbocycles. The number of thiazole rings is 1. The van der Waals surface area contributed by atoms with Crippen LogP contribution in [0.5, 0.6) is 0 Å². The number of nitrogens with zero attached hydrogens (tertiary/aromatic N) is 3. The summed E-state index contributed by atoms with van der Waals surface area (Å²) in [5, 5.41) is 5.16. The molecule has 2 aliphatic rings. The Kier molecular flexibility index (Phi) is 8.39. The Morgan fingerprint density at radius 1 is 1.05 bits per heavy atom. The minimum absolute atomic E-state index is 0.132. The van der Waals surface area contributed by atoms with E-state index in [9.17, 15) is 23.2 Å². The normalized spacial score (nSPS) is 19.0. The predicted molar refractivity (Wildman–Crippen MR) is 145 cm³/mol. The van der Waals surface area contributed by atoms with Gasteiger partial charge < -0.3 is 19.9 Å². The maximum atomic E-state index is 14.5. The topological polar surface area (TPSA) is 91.8 Å². The first-order valence-electron chi connectivity index (χ1n) is 13.3. The van der Waals surface area contributed by atoms with Crippen molar-refractivity contribution in [1.82, 2.24) is 20.1 Å². The summed E-state index contributed by atoms with van der Waals surface area (Å²) in [4.78, 5) is 46.3. The van der Waals surface area contributed by atoms with Gasteiger partial charge in [0.15, 0.2) is 11.6 Å². The number of nitrogens with one attached hydrogen (secondary N) is 1. The summed E-state index contributed by atoms with van der Waals surface area (Å²) in [5.74, 6) is -3.14. The third kappa shape index (κ3) is 5.99. The van der Waals surface area contributed by atoms with Crippen LogP contribution in [0.1, 0.15) is 68.7 Å². The second-order valence-corrected chi connectivity index (χ2v) is 11.0. The third-order valence-electron chi connectivity index (χ3n) is 7.28. The minimum atomic E-state index is -1.15. The largest absolute Gasteiger partial charge is 0.445 e. The van der Waals surface area contributed by atoms with E-state index >= 15 is 0 Å². The Labute approximate surface area is 235 Å². The number of likely N-dealkylation sites (tertiary alicyclic amines) is 2. The molecule has 210 valence electrons. The molecule has 0 bridgehead atoms. The molecule has 0 radical (unpaired) electrons. The highest BCUT2D eigenvalue weighted by Crippen LogP contribution is 2.35. The van der Waals surface area contributed by atoms with E-state index in [2.05, 4.69) is 10.3 Å². The summed E-state index contributed by atoms with van der Waals surface area (Å²) in [6.07, 6.45) is 2.32. The van der Waals surface area contributed by atoms with Crippen molar-refractivity contribution in [1.29, 1.82) is 0 Å². The van der Waals surface area contributed by atoms with Crippen molar-refractivity contribution in [2.24, 2.45) is 0 Å². The molecule has 2 aliphatic heterocycles. The number of carbonyl (C=O) groups excluding carboxylic acids is 3. The summed E-state index contributed by atoms with van der Waals surface area (Å²) in [7, 11) is 0. The molecule has 5 rings (SSSR count). The fourth-order valence-electron chi connectivity index (χ4n) is 5.11. The van der Waals surface area contributed by atoms with Crippen LogP contribution in [-0.4, -0.2) is 58.4 Å². The summed E-state index contributed by atoms with van der Waals surface area (Å²) >= 11 is 1.26. The summed E-state index contributed by atoms with van der Waals surface area (Å²) < 4.78 is 34.0. The molecule has 0 spiro atoms. The molecule has 40 heavy (non-hydrogen) atoms. The van der Waals surface area contributed by atoms with Crippen molar-refractivity contribution in [3.8, 4) is 0 Å². The number of carbonyl (C=O) groups is 3. The highest BCUT2D eigenvalue weighted by molar-refractivity contribution is 7.09. The Balaban J connectivity index is 1.19. The monoisotopic (exact) mass is 568 g/mol. The molecule has 3 aromatic rings. The number of hydrogen-bond acceptors (Lipinski definition) is 6. The summed E-state index contributed by atoms with van der Waals surface area (Å²) in [5.41, 5.74) is 0.938. The maximum absolute atomic E-state index is 14.5. The van der Waals surface area contributed by atoms with Gasteiger partial charge in [-0.15, -0.1) is 11.3 Å². The molecule has 2 atom stereocenters. The lowest BCUT2D eigenvalue weighted by Crippen LogP contribution is -2.49. The molecule has 1 N–H and O–H groups in total. The molecule has 2 fully saturated rings. The number of hydrogen-bond donors (Lipinski definition) is 1. The van der Waals surface area contributed by atoms with Crippen LogP contribution in [0.15, 0.2) is 47.8 Å². The van der Waals surface area contributed by atoms with E-state index in [1.54, 1.807) is 10.3 Å². The molecule has 1 aromatic heterocycles. The molecule has 3 amide bonds. The predicted octanol–water partition coefficient (Wildman–Crippen LogP) is 5.24. The molecule has 3 heterocycles. The number of rotatable bonds is 6. The van der Waals surface area contributed by atoms with E-state index in [-0.39, 0.29) is 35.4 Å². The van der Waals surface area contributed by atoms with Crippen molar-refractivity contribution in [2.75, 3.05) is 19.6 Å². The Morgan fingerprint density at radius 3 is 2.62 bits per heavy atom. The number of ether oxygens (including phenoxy) is 1. The van der Waals surface area contributed by atoms with E-state index in [1.165, 1.54) is 35.3 Å². The number of halogens is 2. The standard InChI is InChI=1S/C29H30F2N4O4S/c1-18-11-12-21(25(31)24(18)30)28(37)35-14-6-10-23(35)27-33-22(17-40-27)26(36)32-20-9-5-13-34(15-20)29(38)39-16-19-7-3-2-4-8-19/h2-4,7-8,11-12,17,20,23H,5-6,9-10,13-16H2,1H3,(H,32,36). The molecule has 2 saturated heterocycles. The molecule has 8 nitrogen and oxygen atoms in total. The van der Waals surface area contributed by atoms with Crippen LogP contribution in [0.3, 0.4) is 0 Å². The van der Waals surface area contributed by atoms with Gasteiger partial charge in [0.25, 0.3) is 11.8 Å². The van der Waals surface area contributed by atoms with Gasteiger partial charge in [-0.1, -0.05) is 36.4 Å². The van der Waals surface area contributed by atoms with Crippen molar-refractivity contribution < 1.29 is 27.9 Å². The molecule has 11 heteroatoms. The Hall–Kier alpha value is -3.86. The van der Waals surface area contributed by atoms with Gasteiger partial charge >= 0.3 is 6.09 Å². The number of aromatic nitrogens is 1. The van der Waals surface area contributed by atoms with Crippen LogP contribution in [-0.2, 0) is 11.3 Å². The first kappa shape index (κ1) is 27.7. The van der Waals surface area contributed by atoms with Gasteiger partial charge in [-0.05, 0) is 49.8 Å².